The quantitative estimate of drug-likeness (QED) is 0.237. The van der Waals surface area contributed by atoms with Crippen molar-refractivity contribution in [3.63, 3.8) is 0 Å². The maximum absolute atomic E-state index is 12.6. The number of terminal acetylenes is 1. The fourth-order valence-corrected chi connectivity index (χ4v) is 6.49. The molecule has 3 aliphatic rings. The molecule has 0 saturated heterocycles. The van der Waals surface area contributed by atoms with Gasteiger partial charge in [0, 0.05) is 17.3 Å². The minimum Gasteiger partial charge on any atom is -0.479 e. The fraction of sp³-hybridized carbons (Fsp3) is 0.750. The van der Waals surface area contributed by atoms with Crippen LogP contribution in [0.4, 0.5) is 0 Å². The lowest BCUT2D eigenvalue weighted by Gasteiger charge is -2.55. The van der Waals surface area contributed by atoms with Crippen molar-refractivity contribution in [1.82, 2.24) is 0 Å². The van der Waals surface area contributed by atoms with Crippen molar-refractivity contribution in [3.8, 4) is 12.3 Å². The number of rotatable bonds is 5. The molecule has 0 bridgehead atoms. The molecule has 0 amide bonds. The van der Waals surface area contributed by atoms with Crippen molar-refractivity contribution < 1.29 is 39.8 Å². The van der Waals surface area contributed by atoms with Crippen LogP contribution in [0.5, 0.6) is 0 Å². The van der Waals surface area contributed by atoms with Gasteiger partial charge in [0.25, 0.3) is 0 Å². The summed E-state index contributed by atoms with van der Waals surface area (Å²) < 4.78 is 0. The van der Waals surface area contributed by atoms with E-state index in [-0.39, 0.29) is 24.2 Å². The number of aliphatic hydroxyl groups is 1. The molecule has 28 heavy (non-hydrogen) atoms. The van der Waals surface area contributed by atoms with Gasteiger partial charge in [0.05, 0.1) is 0 Å². The van der Waals surface area contributed by atoms with Crippen LogP contribution < -0.4 is 0 Å². The second-order valence-corrected chi connectivity index (χ2v) is 8.73. The minimum absolute atomic E-state index is 0.0238. The third-order valence-electron chi connectivity index (χ3n) is 7.90. The molecule has 0 heterocycles. The first-order valence-electron chi connectivity index (χ1n) is 9.61. The first-order valence-corrected chi connectivity index (χ1v) is 9.61. The normalized spacial score (nSPS) is 43.3. The van der Waals surface area contributed by atoms with Crippen LogP contribution >= 0.6 is 0 Å². The van der Waals surface area contributed by atoms with Gasteiger partial charge in [-0.25, -0.2) is 14.5 Å². The summed E-state index contributed by atoms with van der Waals surface area (Å²) in [5, 5.41) is 38.7. The second kappa shape index (κ2) is 7.14. The van der Waals surface area contributed by atoms with Gasteiger partial charge in [-0.05, 0) is 56.3 Å². The fourth-order valence-electron chi connectivity index (χ4n) is 6.49. The Morgan fingerprint density at radius 1 is 1.11 bits per heavy atom. The molecule has 8 atom stereocenters. The third kappa shape index (κ3) is 2.84. The van der Waals surface area contributed by atoms with Crippen LogP contribution in [0, 0.1) is 47.3 Å². The summed E-state index contributed by atoms with van der Waals surface area (Å²) in [7, 11) is 0. The van der Waals surface area contributed by atoms with Gasteiger partial charge in [-0.3, -0.25) is 10.1 Å². The van der Waals surface area contributed by atoms with Crippen molar-refractivity contribution in [2.75, 3.05) is 0 Å². The number of Topliss-reactive ketones (excluding diaryl/α,β-unsaturated/α-hetero) is 1. The SMILES string of the molecule is C#C[C@]1(O)CC[C@H]2[C@@H]3CCC(C(OO)C(=O)O)[C@H](C(=O)C(=O)O)[C@H]3CC[C@@]21C. The summed E-state index contributed by atoms with van der Waals surface area (Å²) in [6, 6.07) is 0. The number of carbonyl (C=O) groups is 3. The van der Waals surface area contributed by atoms with Crippen molar-refractivity contribution in [2.24, 2.45) is 35.0 Å². The van der Waals surface area contributed by atoms with Crippen molar-refractivity contribution in [1.29, 1.82) is 0 Å². The lowest BCUT2D eigenvalue weighted by atomic mass is 9.50. The van der Waals surface area contributed by atoms with Crippen LogP contribution in [0.3, 0.4) is 0 Å². The van der Waals surface area contributed by atoms with Crippen molar-refractivity contribution >= 4 is 17.7 Å². The molecule has 154 valence electrons. The molecule has 3 rings (SSSR count). The Bertz CT molecular complexity index is 726. The number of hydrogen-bond acceptors (Lipinski definition) is 6. The number of carboxylic acid groups (broad SMARTS) is 2. The Hall–Kier alpha value is -1.95. The average molecular weight is 394 g/mol. The van der Waals surface area contributed by atoms with Gasteiger partial charge in [0.15, 0.2) is 6.10 Å². The van der Waals surface area contributed by atoms with Crippen LogP contribution in [-0.4, -0.2) is 50.0 Å². The summed E-state index contributed by atoms with van der Waals surface area (Å²) in [4.78, 5) is 39.6. The maximum Gasteiger partial charge on any atom is 0.372 e. The van der Waals surface area contributed by atoms with E-state index in [0.717, 1.165) is 0 Å². The summed E-state index contributed by atoms with van der Waals surface area (Å²) in [5.41, 5.74) is -1.75. The van der Waals surface area contributed by atoms with E-state index >= 15 is 0 Å². The number of aliphatic carboxylic acids is 2. The van der Waals surface area contributed by atoms with Crippen LogP contribution in [0.1, 0.15) is 45.4 Å². The van der Waals surface area contributed by atoms with E-state index in [1.54, 1.807) is 0 Å². The predicted octanol–water partition coefficient (Wildman–Crippen LogP) is 1.42. The minimum atomic E-state index is -1.66. The number of carbonyl (C=O) groups excluding carboxylic acids is 1. The summed E-state index contributed by atoms with van der Waals surface area (Å²) in [5.74, 6) is -3.90. The number of carboxylic acids is 2. The van der Waals surface area contributed by atoms with Gasteiger partial charge in [-0.1, -0.05) is 12.8 Å². The van der Waals surface area contributed by atoms with Crippen LogP contribution in [0.15, 0.2) is 0 Å². The van der Waals surface area contributed by atoms with Gasteiger partial charge in [-0.2, -0.15) is 0 Å². The molecule has 8 nitrogen and oxygen atoms in total. The molecule has 2 unspecified atom stereocenters. The molecular weight excluding hydrogens is 368 g/mol. The molecule has 0 aliphatic heterocycles. The number of hydrogen-bond donors (Lipinski definition) is 4. The number of ketones is 1. The van der Waals surface area contributed by atoms with Gasteiger partial charge < -0.3 is 15.3 Å². The van der Waals surface area contributed by atoms with Gasteiger partial charge in [-0.15, -0.1) is 6.42 Å². The molecule has 3 fully saturated rings. The van der Waals surface area contributed by atoms with E-state index in [0.29, 0.717) is 32.1 Å². The Morgan fingerprint density at radius 2 is 1.79 bits per heavy atom. The molecule has 0 aromatic heterocycles. The zero-order valence-corrected chi connectivity index (χ0v) is 15.7. The highest BCUT2D eigenvalue weighted by Crippen LogP contribution is 2.64. The van der Waals surface area contributed by atoms with Crippen LogP contribution in [-0.2, 0) is 19.3 Å². The lowest BCUT2D eigenvalue weighted by molar-refractivity contribution is -0.294. The highest BCUT2D eigenvalue weighted by Gasteiger charge is 2.63. The third-order valence-corrected chi connectivity index (χ3v) is 7.90. The van der Waals surface area contributed by atoms with E-state index < -0.39 is 46.7 Å². The summed E-state index contributed by atoms with van der Waals surface area (Å²) in [6.45, 7) is 1.96. The predicted molar refractivity (Wildman–Crippen MR) is 94.8 cm³/mol. The molecular formula is C20H26O8. The molecule has 0 aromatic carbocycles. The van der Waals surface area contributed by atoms with Crippen molar-refractivity contribution in [2.45, 2.75) is 57.2 Å². The van der Waals surface area contributed by atoms with Crippen LogP contribution in [0.25, 0.3) is 0 Å². The largest absolute Gasteiger partial charge is 0.479 e. The second-order valence-electron chi connectivity index (χ2n) is 8.73. The zero-order chi connectivity index (χ0) is 20.9. The lowest BCUT2D eigenvalue weighted by Crippen LogP contribution is -2.56. The molecule has 0 spiro atoms. The zero-order valence-electron chi connectivity index (χ0n) is 15.7. The van der Waals surface area contributed by atoms with E-state index in [1.807, 2.05) is 6.92 Å². The van der Waals surface area contributed by atoms with Gasteiger partial charge in [0.1, 0.15) is 5.60 Å². The maximum atomic E-state index is 12.6. The van der Waals surface area contributed by atoms with E-state index in [2.05, 4.69) is 10.8 Å². The first kappa shape index (κ1) is 20.8. The van der Waals surface area contributed by atoms with Crippen molar-refractivity contribution in [3.05, 3.63) is 0 Å². The standard InChI is InChI=1S/C20H26O8/c1-3-20(26)9-7-13-10-4-5-12(16(28-27)18(24)25)14(15(21)17(22)23)11(10)6-8-19(13,20)2/h1,10-14,16,26-27H,4-9H2,2H3,(H,22,23)(H,24,25)/t10-,11+,12?,13+,14-,16?,19+,20+/m1/s1. The summed E-state index contributed by atoms with van der Waals surface area (Å²) in [6.07, 6.45) is 6.86. The van der Waals surface area contributed by atoms with Gasteiger partial charge >= 0.3 is 11.9 Å². The summed E-state index contributed by atoms with van der Waals surface area (Å²) >= 11 is 0. The molecule has 3 saturated carbocycles. The molecule has 3 aliphatic carbocycles. The molecule has 4 N–H and O–H groups in total. The highest BCUT2D eigenvalue weighted by atomic mass is 17.1. The van der Waals surface area contributed by atoms with Gasteiger partial charge in [0.2, 0.25) is 5.78 Å². The first-order chi connectivity index (χ1) is 13.1. The van der Waals surface area contributed by atoms with E-state index in [9.17, 15) is 29.7 Å². The van der Waals surface area contributed by atoms with Crippen LogP contribution in [0.2, 0.25) is 0 Å². The Labute approximate surface area is 162 Å². The Balaban J connectivity index is 1.98. The number of fused-ring (bicyclic) bond motifs is 3. The topological polar surface area (TPSA) is 141 Å². The molecule has 8 heteroatoms. The smallest absolute Gasteiger partial charge is 0.372 e. The Morgan fingerprint density at radius 3 is 2.32 bits per heavy atom. The monoisotopic (exact) mass is 394 g/mol. The van der Waals surface area contributed by atoms with E-state index in [1.165, 1.54) is 0 Å². The Kier molecular flexibility index (Phi) is 5.30. The molecule has 0 aromatic rings. The molecule has 0 radical (unpaired) electrons. The highest BCUT2D eigenvalue weighted by molar-refractivity contribution is 6.33. The van der Waals surface area contributed by atoms with E-state index in [4.69, 9.17) is 11.7 Å². The average Bonchev–Trinajstić information content (AvgIpc) is 2.93.